The second kappa shape index (κ2) is 5.83. The van der Waals surface area contributed by atoms with E-state index in [4.69, 9.17) is 8.92 Å². The van der Waals surface area contributed by atoms with Gasteiger partial charge in [0.2, 0.25) is 0 Å². The molecule has 0 spiro atoms. The predicted octanol–water partition coefficient (Wildman–Crippen LogP) is 0.613. The third-order valence-electron chi connectivity index (χ3n) is 1.71. The van der Waals surface area contributed by atoms with E-state index < -0.39 is 0 Å². The third kappa shape index (κ3) is 3.96. The minimum Gasteiger partial charge on any atom is -0.379 e. The summed E-state index contributed by atoms with van der Waals surface area (Å²) in [5.74, 6) is 0. The van der Waals surface area contributed by atoms with Crippen LogP contribution < -0.4 is 0 Å². The van der Waals surface area contributed by atoms with Crippen molar-refractivity contribution in [2.75, 3.05) is 45.7 Å². The molecule has 0 N–H and O–H groups in total. The van der Waals surface area contributed by atoms with E-state index in [0.717, 1.165) is 39.5 Å². The summed E-state index contributed by atoms with van der Waals surface area (Å²) in [7, 11) is 0. The molecule has 0 bridgehead atoms. The first-order valence-corrected chi connectivity index (χ1v) is 5.04. The lowest BCUT2D eigenvalue weighted by Crippen LogP contribution is -2.38. The fourth-order valence-electron chi connectivity index (χ4n) is 1.07. The van der Waals surface area contributed by atoms with E-state index in [-0.39, 0.29) is 0 Å². The molecule has 11 heavy (non-hydrogen) atoms. The van der Waals surface area contributed by atoms with Gasteiger partial charge in [0.25, 0.3) is 0 Å². The molecular formula is C7H15NO2S. The van der Waals surface area contributed by atoms with Gasteiger partial charge >= 0.3 is 0 Å². The monoisotopic (exact) mass is 177 g/mol. The Morgan fingerprint density at radius 1 is 1.45 bits per heavy atom. The van der Waals surface area contributed by atoms with E-state index in [2.05, 4.69) is 4.90 Å². The maximum atomic E-state index is 5.22. The number of nitrogens with zero attached hydrogens (tertiary/aromatic N) is 1. The van der Waals surface area contributed by atoms with Crippen LogP contribution in [0.4, 0.5) is 0 Å². The van der Waals surface area contributed by atoms with Crippen molar-refractivity contribution in [2.24, 2.45) is 0 Å². The Labute approximate surface area is 72.2 Å². The average molecular weight is 177 g/mol. The number of hydrogen-bond donors (Lipinski definition) is 0. The molecule has 66 valence electrons. The molecule has 0 amide bonds. The van der Waals surface area contributed by atoms with Gasteiger partial charge in [-0.3, -0.25) is 4.90 Å². The zero-order valence-corrected chi connectivity index (χ0v) is 7.73. The van der Waals surface area contributed by atoms with Crippen LogP contribution in [0, 0.1) is 0 Å². The van der Waals surface area contributed by atoms with Crippen LogP contribution in [0.15, 0.2) is 0 Å². The molecule has 0 unspecified atom stereocenters. The topological polar surface area (TPSA) is 21.7 Å². The van der Waals surface area contributed by atoms with Gasteiger partial charge in [0.1, 0.15) is 0 Å². The van der Waals surface area contributed by atoms with Gasteiger partial charge in [0.15, 0.2) is 0 Å². The van der Waals surface area contributed by atoms with Crippen LogP contribution in [-0.4, -0.2) is 50.6 Å². The SMILES string of the molecule is CSOCCN1CCOCC1. The molecule has 3 nitrogen and oxygen atoms in total. The summed E-state index contributed by atoms with van der Waals surface area (Å²) in [6, 6.07) is 0. The Morgan fingerprint density at radius 2 is 2.18 bits per heavy atom. The number of hydrogen-bond acceptors (Lipinski definition) is 4. The highest BCUT2D eigenvalue weighted by atomic mass is 32.2. The molecule has 0 radical (unpaired) electrons. The largest absolute Gasteiger partial charge is 0.379 e. The summed E-state index contributed by atoms with van der Waals surface area (Å²) in [5, 5.41) is 0. The lowest BCUT2D eigenvalue weighted by atomic mass is 10.4. The molecule has 0 saturated carbocycles. The molecule has 0 aliphatic carbocycles. The quantitative estimate of drug-likeness (QED) is 0.463. The maximum Gasteiger partial charge on any atom is 0.0740 e. The van der Waals surface area contributed by atoms with Crippen molar-refractivity contribution in [3.05, 3.63) is 0 Å². The van der Waals surface area contributed by atoms with Crippen molar-refractivity contribution >= 4 is 12.0 Å². The number of rotatable bonds is 4. The molecule has 0 aromatic heterocycles. The van der Waals surface area contributed by atoms with Gasteiger partial charge < -0.3 is 8.92 Å². The smallest absolute Gasteiger partial charge is 0.0740 e. The van der Waals surface area contributed by atoms with Crippen LogP contribution in [0.1, 0.15) is 0 Å². The normalized spacial score (nSPS) is 20.5. The minimum absolute atomic E-state index is 0.821. The van der Waals surface area contributed by atoms with Gasteiger partial charge in [0.05, 0.1) is 19.8 Å². The van der Waals surface area contributed by atoms with Crippen LogP contribution in [0.5, 0.6) is 0 Å². The molecule has 1 heterocycles. The van der Waals surface area contributed by atoms with Gasteiger partial charge in [-0.05, 0) is 12.0 Å². The van der Waals surface area contributed by atoms with Gasteiger partial charge in [0, 0.05) is 25.9 Å². The zero-order chi connectivity index (χ0) is 7.94. The van der Waals surface area contributed by atoms with Crippen LogP contribution in [-0.2, 0) is 8.92 Å². The van der Waals surface area contributed by atoms with Crippen molar-refractivity contribution < 1.29 is 8.92 Å². The Hall–Kier alpha value is 0.230. The van der Waals surface area contributed by atoms with Gasteiger partial charge in [-0.1, -0.05) is 0 Å². The Kier molecular flexibility index (Phi) is 4.94. The molecule has 4 heteroatoms. The van der Waals surface area contributed by atoms with E-state index in [1.165, 1.54) is 12.0 Å². The van der Waals surface area contributed by atoms with Gasteiger partial charge in [-0.15, -0.1) is 0 Å². The highest BCUT2D eigenvalue weighted by Gasteiger charge is 2.08. The summed E-state index contributed by atoms with van der Waals surface area (Å²) in [6.07, 6.45) is 1.94. The molecule has 1 rings (SSSR count). The summed E-state index contributed by atoms with van der Waals surface area (Å²) in [4.78, 5) is 2.36. The van der Waals surface area contributed by atoms with Crippen LogP contribution in [0.2, 0.25) is 0 Å². The van der Waals surface area contributed by atoms with Gasteiger partial charge in [-0.2, -0.15) is 0 Å². The molecule has 1 saturated heterocycles. The molecule has 1 fully saturated rings. The Bertz CT molecular complexity index is 96.4. The first kappa shape index (κ1) is 9.32. The second-order valence-electron chi connectivity index (χ2n) is 2.44. The number of ether oxygens (including phenoxy) is 1. The number of morpholine rings is 1. The van der Waals surface area contributed by atoms with Crippen LogP contribution in [0.25, 0.3) is 0 Å². The summed E-state index contributed by atoms with van der Waals surface area (Å²) < 4.78 is 10.4. The standard InChI is InChI=1S/C7H15NO2S/c1-11-10-7-4-8-2-5-9-6-3-8/h2-7H2,1H3. The van der Waals surface area contributed by atoms with E-state index in [9.17, 15) is 0 Å². The van der Waals surface area contributed by atoms with Gasteiger partial charge in [-0.25, -0.2) is 0 Å². The molecular weight excluding hydrogens is 162 g/mol. The third-order valence-corrected chi connectivity index (χ3v) is 2.11. The van der Waals surface area contributed by atoms with Crippen molar-refractivity contribution in [3.63, 3.8) is 0 Å². The zero-order valence-electron chi connectivity index (χ0n) is 6.91. The average Bonchev–Trinajstić information content (AvgIpc) is 2.07. The van der Waals surface area contributed by atoms with E-state index in [0.29, 0.717) is 0 Å². The lowest BCUT2D eigenvalue weighted by molar-refractivity contribution is 0.0334. The minimum atomic E-state index is 0.821. The van der Waals surface area contributed by atoms with Crippen molar-refractivity contribution in [3.8, 4) is 0 Å². The van der Waals surface area contributed by atoms with E-state index in [1.54, 1.807) is 0 Å². The molecule has 1 aliphatic heterocycles. The molecule has 1 aliphatic rings. The van der Waals surface area contributed by atoms with Crippen LogP contribution in [0.3, 0.4) is 0 Å². The molecule has 0 aromatic carbocycles. The first-order valence-electron chi connectivity index (χ1n) is 3.89. The first-order chi connectivity index (χ1) is 5.43. The van der Waals surface area contributed by atoms with E-state index >= 15 is 0 Å². The molecule has 0 aromatic rings. The fraction of sp³-hybridized carbons (Fsp3) is 1.00. The maximum absolute atomic E-state index is 5.22. The highest BCUT2D eigenvalue weighted by Crippen LogP contribution is 1.98. The Morgan fingerprint density at radius 3 is 2.82 bits per heavy atom. The fourth-order valence-corrected chi connectivity index (χ4v) is 1.32. The lowest BCUT2D eigenvalue weighted by Gasteiger charge is -2.25. The van der Waals surface area contributed by atoms with Crippen LogP contribution >= 0.6 is 12.0 Å². The summed E-state index contributed by atoms with van der Waals surface area (Å²) in [5.41, 5.74) is 0. The van der Waals surface area contributed by atoms with Crippen molar-refractivity contribution in [1.82, 2.24) is 4.90 Å². The second-order valence-corrected chi connectivity index (χ2v) is 3.01. The summed E-state index contributed by atoms with van der Waals surface area (Å²) in [6.45, 7) is 5.71. The predicted molar refractivity (Wildman–Crippen MR) is 46.7 cm³/mol. The molecule has 0 atom stereocenters. The van der Waals surface area contributed by atoms with Crippen molar-refractivity contribution in [2.45, 2.75) is 0 Å². The highest BCUT2D eigenvalue weighted by molar-refractivity contribution is 7.93. The summed E-state index contributed by atoms with van der Waals surface area (Å²) >= 11 is 1.43. The Balaban J connectivity index is 1.96. The van der Waals surface area contributed by atoms with E-state index in [1.807, 2.05) is 6.26 Å². The van der Waals surface area contributed by atoms with Crippen molar-refractivity contribution in [1.29, 1.82) is 0 Å².